The van der Waals surface area contributed by atoms with E-state index in [9.17, 15) is 0 Å². The Morgan fingerprint density at radius 1 is 1.16 bits per heavy atom. The molecule has 0 radical (unpaired) electrons. The maximum Gasteiger partial charge on any atom is 0.185 e. The Labute approximate surface area is 158 Å². The minimum Gasteiger partial charge on any atom is -0.381 e. The zero-order valence-electron chi connectivity index (χ0n) is 14.6. The summed E-state index contributed by atoms with van der Waals surface area (Å²) in [7, 11) is 2.18. The van der Waals surface area contributed by atoms with E-state index in [-0.39, 0.29) is 5.41 Å². The van der Waals surface area contributed by atoms with Crippen LogP contribution in [0.1, 0.15) is 24.1 Å². The van der Waals surface area contributed by atoms with E-state index in [1.54, 1.807) is 11.3 Å². The second-order valence-corrected chi connectivity index (χ2v) is 8.28. The minimum absolute atomic E-state index is 0.0789. The van der Waals surface area contributed by atoms with Crippen LogP contribution < -0.4 is 4.90 Å². The molecule has 2 saturated heterocycles. The minimum atomic E-state index is -0.0789. The van der Waals surface area contributed by atoms with Gasteiger partial charge in [0.1, 0.15) is 0 Å². The summed E-state index contributed by atoms with van der Waals surface area (Å²) in [5, 5.41) is 4.19. The van der Waals surface area contributed by atoms with Crippen molar-refractivity contribution in [2.45, 2.75) is 18.3 Å². The molecule has 1 aromatic carbocycles. The van der Waals surface area contributed by atoms with E-state index in [0.717, 1.165) is 62.4 Å². The fourth-order valence-corrected chi connectivity index (χ4v) is 4.99. The molecule has 1 aromatic heterocycles. The summed E-state index contributed by atoms with van der Waals surface area (Å²) in [6, 6.07) is 8.27. The summed E-state index contributed by atoms with van der Waals surface area (Å²) in [5.41, 5.74) is 2.36. The zero-order chi connectivity index (χ0) is 17.3. The number of ether oxygens (including phenoxy) is 1. The van der Waals surface area contributed by atoms with Gasteiger partial charge in [-0.3, -0.25) is 0 Å². The molecule has 0 amide bonds. The van der Waals surface area contributed by atoms with Crippen molar-refractivity contribution < 1.29 is 4.74 Å². The Kier molecular flexibility index (Phi) is 5.00. The van der Waals surface area contributed by atoms with Gasteiger partial charge >= 0.3 is 0 Å². The number of rotatable bonds is 3. The molecular formula is C19H24ClN3OS. The van der Waals surface area contributed by atoms with Crippen molar-refractivity contribution in [3.63, 3.8) is 0 Å². The van der Waals surface area contributed by atoms with Gasteiger partial charge in [0, 0.05) is 55.2 Å². The number of anilines is 1. The first-order chi connectivity index (χ1) is 12.2. The molecule has 0 saturated carbocycles. The number of likely N-dealkylation sites (N-methyl/N-ethyl adjacent to an activating group) is 1. The normalized spacial score (nSPS) is 21.4. The molecule has 0 atom stereocenters. The van der Waals surface area contributed by atoms with Crippen LogP contribution in [0.2, 0.25) is 5.02 Å². The third kappa shape index (κ3) is 3.43. The SMILES string of the molecule is CN1CCN(c2nc(C3(c4cccc(Cl)c4)CCOCC3)cs2)CC1. The van der Waals surface area contributed by atoms with E-state index in [1.807, 2.05) is 12.1 Å². The number of thiazole rings is 1. The van der Waals surface area contributed by atoms with Gasteiger partial charge in [-0.2, -0.15) is 0 Å². The lowest BCUT2D eigenvalue weighted by molar-refractivity contribution is 0.0620. The lowest BCUT2D eigenvalue weighted by Gasteiger charge is -2.37. The van der Waals surface area contributed by atoms with Gasteiger partial charge in [-0.05, 0) is 37.6 Å². The van der Waals surface area contributed by atoms with Gasteiger partial charge in [0.2, 0.25) is 0 Å². The third-order valence-electron chi connectivity index (χ3n) is 5.48. The first kappa shape index (κ1) is 17.3. The molecule has 0 unspecified atom stereocenters. The maximum atomic E-state index is 6.29. The first-order valence-corrected chi connectivity index (χ1v) is 10.2. The fraction of sp³-hybridized carbons (Fsp3) is 0.526. The van der Waals surface area contributed by atoms with E-state index in [1.165, 1.54) is 11.3 Å². The molecule has 0 N–H and O–H groups in total. The van der Waals surface area contributed by atoms with Crippen LogP contribution in [-0.2, 0) is 10.2 Å². The van der Waals surface area contributed by atoms with E-state index in [0.29, 0.717) is 0 Å². The van der Waals surface area contributed by atoms with Crippen LogP contribution >= 0.6 is 22.9 Å². The molecular weight excluding hydrogens is 354 g/mol. The zero-order valence-corrected chi connectivity index (χ0v) is 16.2. The van der Waals surface area contributed by atoms with Gasteiger partial charge in [-0.25, -0.2) is 4.98 Å². The highest BCUT2D eigenvalue weighted by Gasteiger charge is 2.39. The van der Waals surface area contributed by atoms with Crippen LogP contribution in [0.5, 0.6) is 0 Å². The molecule has 2 aliphatic heterocycles. The van der Waals surface area contributed by atoms with Gasteiger partial charge in [-0.1, -0.05) is 23.7 Å². The van der Waals surface area contributed by atoms with Crippen molar-refractivity contribution in [3.8, 4) is 0 Å². The first-order valence-electron chi connectivity index (χ1n) is 8.91. The second-order valence-electron chi connectivity index (χ2n) is 7.01. The molecule has 4 nitrogen and oxygen atoms in total. The van der Waals surface area contributed by atoms with E-state index in [2.05, 4.69) is 34.4 Å². The molecule has 6 heteroatoms. The quantitative estimate of drug-likeness (QED) is 0.816. The molecule has 2 aromatic rings. The molecule has 134 valence electrons. The lowest BCUT2D eigenvalue weighted by atomic mass is 9.72. The molecule has 2 aliphatic rings. The smallest absolute Gasteiger partial charge is 0.185 e. The summed E-state index contributed by atoms with van der Waals surface area (Å²) in [6.45, 7) is 5.85. The molecule has 0 bridgehead atoms. The van der Waals surface area contributed by atoms with Crippen LogP contribution in [0.25, 0.3) is 0 Å². The third-order valence-corrected chi connectivity index (χ3v) is 6.62. The van der Waals surface area contributed by atoms with Crippen molar-refractivity contribution in [1.29, 1.82) is 0 Å². The predicted molar refractivity (Wildman–Crippen MR) is 104 cm³/mol. The maximum absolute atomic E-state index is 6.29. The highest BCUT2D eigenvalue weighted by atomic mass is 35.5. The van der Waals surface area contributed by atoms with Crippen LogP contribution in [0.4, 0.5) is 5.13 Å². The second kappa shape index (κ2) is 7.23. The Balaban J connectivity index is 1.67. The van der Waals surface area contributed by atoms with Crippen molar-refractivity contribution in [1.82, 2.24) is 9.88 Å². The average molecular weight is 378 g/mol. The molecule has 3 heterocycles. The molecule has 2 fully saturated rings. The summed E-state index contributed by atoms with van der Waals surface area (Å²) < 4.78 is 5.66. The Bertz CT molecular complexity index is 721. The molecule has 0 spiro atoms. The number of hydrogen-bond donors (Lipinski definition) is 0. The van der Waals surface area contributed by atoms with Crippen molar-refractivity contribution >= 4 is 28.1 Å². The fourth-order valence-electron chi connectivity index (χ4n) is 3.83. The molecule has 25 heavy (non-hydrogen) atoms. The molecule has 0 aliphatic carbocycles. The predicted octanol–water partition coefficient (Wildman–Crippen LogP) is 3.64. The van der Waals surface area contributed by atoms with Gasteiger partial charge in [-0.15, -0.1) is 11.3 Å². The number of piperazine rings is 1. The van der Waals surface area contributed by atoms with Gasteiger partial charge in [0.15, 0.2) is 5.13 Å². The average Bonchev–Trinajstić information content (AvgIpc) is 3.13. The van der Waals surface area contributed by atoms with Crippen LogP contribution in [0, 0.1) is 0 Å². The Hall–Kier alpha value is -1.14. The van der Waals surface area contributed by atoms with Gasteiger partial charge in [0.25, 0.3) is 0 Å². The monoisotopic (exact) mass is 377 g/mol. The number of benzene rings is 1. The highest BCUT2D eigenvalue weighted by Crippen LogP contribution is 2.43. The standard InChI is InChI=1S/C19H24ClN3OS/c1-22-7-9-23(10-8-22)18-21-17(14-25-18)19(5-11-24-12-6-19)15-3-2-4-16(20)13-15/h2-4,13-14H,5-12H2,1H3. The summed E-state index contributed by atoms with van der Waals surface area (Å²) in [4.78, 5) is 9.88. The highest BCUT2D eigenvalue weighted by molar-refractivity contribution is 7.13. The summed E-state index contributed by atoms with van der Waals surface area (Å²) >= 11 is 8.06. The van der Waals surface area contributed by atoms with Crippen LogP contribution in [0.3, 0.4) is 0 Å². The van der Waals surface area contributed by atoms with Gasteiger partial charge < -0.3 is 14.5 Å². The summed E-state index contributed by atoms with van der Waals surface area (Å²) in [5.74, 6) is 0. The van der Waals surface area contributed by atoms with E-state index < -0.39 is 0 Å². The topological polar surface area (TPSA) is 28.6 Å². The van der Waals surface area contributed by atoms with E-state index in [4.69, 9.17) is 21.3 Å². The van der Waals surface area contributed by atoms with Crippen LogP contribution in [-0.4, -0.2) is 56.3 Å². The Morgan fingerprint density at radius 3 is 2.64 bits per heavy atom. The number of aromatic nitrogens is 1. The summed E-state index contributed by atoms with van der Waals surface area (Å²) in [6.07, 6.45) is 1.92. The van der Waals surface area contributed by atoms with Crippen molar-refractivity contribution in [2.24, 2.45) is 0 Å². The molecule has 4 rings (SSSR count). The number of nitrogens with zero attached hydrogens (tertiary/aromatic N) is 3. The van der Waals surface area contributed by atoms with Crippen molar-refractivity contribution in [3.05, 3.63) is 45.9 Å². The largest absolute Gasteiger partial charge is 0.381 e. The van der Waals surface area contributed by atoms with Crippen LogP contribution in [0.15, 0.2) is 29.6 Å². The van der Waals surface area contributed by atoms with E-state index >= 15 is 0 Å². The number of hydrogen-bond acceptors (Lipinski definition) is 5. The Morgan fingerprint density at radius 2 is 1.92 bits per heavy atom. The number of halogens is 1. The van der Waals surface area contributed by atoms with Gasteiger partial charge in [0.05, 0.1) is 5.69 Å². The van der Waals surface area contributed by atoms with Crippen molar-refractivity contribution in [2.75, 3.05) is 51.3 Å². The lowest BCUT2D eigenvalue weighted by Crippen LogP contribution is -2.44.